The van der Waals surface area contributed by atoms with Crippen LogP contribution in [0.15, 0.2) is 61.2 Å². The minimum absolute atomic E-state index is 0.350. The summed E-state index contributed by atoms with van der Waals surface area (Å²) in [4.78, 5) is 26.2. The van der Waals surface area contributed by atoms with Crippen molar-refractivity contribution < 1.29 is 29.2 Å². The van der Waals surface area contributed by atoms with Crippen LogP contribution in [0.2, 0.25) is 0 Å². The molecule has 1 amide bonds. The summed E-state index contributed by atoms with van der Waals surface area (Å²) in [5, 5.41) is 26.8. The summed E-state index contributed by atoms with van der Waals surface area (Å²) < 4.78 is 18.2. The summed E-state index contributed by atoms with van der Waals surface area (Å²) in [5.74, 6) is 1.33. The summed E-state index contributed by atoms with van der Waals surface area (Å²) in [6, 6.07) is 13.4. The van der Waals surface area contributed by atoms with Crippen LogP contribution >= 0.6 is 0 Å². The molecule has 5 rings (SSSR count). The second-order valence-corrected chi connectivity index (χ2v) is 8.68. The molecule has 3 heterocycles. The van der Waals surface area contributed by atoms with Crippen LogP contribution in [0.3, 0.4) is 0 Å². The summed E-state index contributed by atoms with van der Waals surface area (Å²) in [5.41, 5.74) is 2.20. The number of fused-ring (bicyclic) bond motifs is 1. The number of carbonyl (C=O) groups excluding carboxylic acids is 1. The highest BCUT2D eigenvalue weighted by molar-refractivity contribution is 5.95. The molecule has 0 radical (unpaired) electrons. The third-order valence-corrected chi connectivity index (χ3v) is 6.45. The summed E-state index contributed by atoms with van der Waals surface area (Å²) >= 11 is 0. The van der Waals surface area contributed by atoms with Gasteiger partial charge in [0.15, 0.2) is 23.2 Å². The monoisotopic (exact) mass is 520 g/mol. The number of nitrogens with one attached hydrogen (secondary N) is 2. The standard InChI is InChI=1S/C26H28N6O6/c1-36-17-8-5-7-15(10-17)25(35)31-20-22(34)19(12-33)38-26(20)32-14-30-21-23(28-13-29-24(21)32)27-11-16-6-3-4-9-18(16)37-2/h3-10,13-14,19-20,22,26,33-34H,11-12H2,1-2H3,(H,31,35)(H,27,28,29)/t19-,20-,22-,26-/m1/s1. The highest BCUT2D eigenvalue weighted by Crippen LogP contribution is 2.33. The third-order valence-electron chi connectivity index (χ3n) is 6.45. The number of aliphatic hydroxyl groups excluding tert-OH is 2. The molecule has 0 saturated carbocycles. The molecule has 12 heteroatoms. The molecular formula is C26H28N6O6. The number of carbonyl (C=O) groups is 1. The number of amides is 1. The Labute approximate surface area is 218 Å². The van der Waals surface area contributed by atoms with Gasteiger partial charge >= 0.3 is 0 Å². The number of imidazole rings is 1. The summed E-state index contributed by atoms with van der Waals surface area (Å²) in [7, 11) is 3.13. The van der Waals surface area contributed by atoms with E-state index in [4.69, 9.17) is 14.2 Å². The summed E-state index contributed by atoms with van der Waals surface area (Å²) in [6.45, 7) is 0.00393. The molecule has 4 aromatic rings. The normalized spacial score (nSPS) is 20.8. The van der Waals surface area contributed by atoms with E-state index in [1.807, 2.05) is 24.3 Å². The molecule has 0 spiro atoms. The Hall–Kier alpha value is -4.26. The van der Waals surface area contributed by atoms with E-state index in [0.717, 1.165) is 11.3 Å². The Morgan fingerprint density at radius 2 is 1.95 bits per heavy atom. The number of methoxy groups -OCH3 is 2. The molecular weight excluding hydrogens is 492 g/mol. The van der Waals surface area contributed by atoms with Crippen molar-refractivity contribution in [3.05, 3.63) is 72.3 Å². The van der Waals surface area contributed by atoms with Crippen LogP contribution in [0.4, 0.5) is 5.82 Å². The van der Waals surface area contributed by atoms with E-state index >= 15 is 0 Å². The number of para-hydroxylation sites is 1. The average Bonchev–Trinajstić information content (AvgIpc) is 3.52. The van der Waals surface area contributed by atoms with Crippen molar-refractivity contribution in [3.63, 3.8) is 0 Å². The predicted octanol–water partition coefficient (Wildman–Crippen LogP) is 1.50. The maximum Gasteiger partial charge on any atom is 0.251 e. The number of benzene rings is 2. The number of nitrogens with zero attached hydrogens (tertiary/aromatic N) is 4. The first-order valence-electron chi connectivity index (χ1n) is 12.0. The number of aliphatic hydroxyl groups is 2. The van der Waals surface area contributed by atoms with Gasteiger partial charge in [-0.1, -0.05) is 24.3 Å². The minimum atomic E-state index is -1.18. The lowest BCUT2D eigenvalue weighted by Crippen LogP contribution is -2.46. The van der Waals surface area contributed by atoms with Crippen molar-refractivity contribution in [2.24, 2.45) is 0 Å². The van der Waals surface area contributed by atoms with Crippen LogP contribution in [0, 0.1) is 0 Å². The number of rotatable bonds is 9. The van der Waals surface area contributed by atoms with Crippen LogP contribution < -0.4 is 20.1 Å². The predicted molar refractivity (Wildman–Crippen MR) is 137 cm³/mol. The zero-order chi connectivity index (χ0) is 26.6. The van der Waals surface area contributed by atoms with Gasteiger partial charge in [0.1, 0.15) is 36.1 Å². The van der Waals surface area contributed by atoms with Crippen molar-refractivity contribution in [2.45, 2.75) is 31.0 Å². The van der Waals surface area contributed by atoms with Crippen LogP contribution in [0.1, 0.15) is 22.1 Å². The molecule has 0 aliphatic carbocycles. The minimum Gasteiger partial charge on any atom is -0.497 e. The molecule has 2 aromatic carbocycles. The zero-order valence-corrected chi connectivity index (χ0v) is 20.8. The fraction of sp³-hybridized carbons (Fsp3) is 0.308. The van der Waals surface area contributed by atoms with E-state index in [0.29, 0.717) is 34.8 Å². The van der Waals surface area contributed by atoms with E-state index in [1.165, 1.54) is 19.8 Å². The number of anilines is 1. The van der Waals surface area contributed by atoms with Gasteiger partial charge in [-0.15, -0.1) is 0 Å². The highest BCUT2D eigenvalue weighted by Gasteiger charge is 2.46. The van der Waals surface area contributed by atoms with Crippen molar-refractivity contribution in [1.29, 1.82) is 0 Å². The maximum absolute atomic E-state index is 13.0. The van der Waals surface area contributed by atoms with Gasteiger partial charge in [0.05, 0.1) is 27.2 Å². The average molecular weight is 521 g/mol. The second-order valence-electron chi connectivity index (χ2n) is 8.68. The quantitative estimate of drug-likeness (QED) is 0.255. The van der Waals surface area contributed by atoms with Crippen LogP contribution in [0.5, 0.6) is 11.5 Å². The van der Waals surface area contributed by atoms with Crippen LogP contribution in [0.25, 0.3) is 11.2 Å². The van der Waals surface area contributed by atoms with Crippen molar-refractivity contribution in [1.82, 2.24) is 24.8 Å². The van der Waals surface area contributed by atoms with Gasteiger partial charge in [-0.2, -0.15) is 0 Å². The maximum atomic E-state index is 13.0. The zero-order valence-electron chi connectivity index (χ0n) is 20.8. The van der Waals surface area contributed by atoms with E-state index in [9.17, 15) is 15.0 Å². The van der Waals surface area contributed by atoms with Gasteiger partial charge in [0, 0.05) is 17.7 Å². The molecule has 1 saturated heterocycles. The molecule has 12 nitrogen and oxygen atoms in total. The number of aromatic nitrogens is 4. The molecule has 1 aliphatic rings. The second kappa shape index (κ2) is 11.0. The Balaban J connectivity index is 1.42. The fourth-order valence-corrected chi connectivity index (χ4v) is 4.48. The molecule has 2 aromatic heterocycles. The van der Waals surface area contributed by atoms with E-state index in [2.05, 4.69) is 25.6 Å². The lowest BCUT2D eigenvalue weighted by molar-refractivity contribution is -0.0440. The fourth-order valence-electron chi connectivity index (χ4n) is 4.48. The lowest BCUT2D eigenvalue weighted by Gasteiger charge is -2.23. The van der Waals surface area contributed by atoms with Gasteiger partial charge in [0.25, 0.3) is 5.91 Å². The number of hydrogen-bond acceptors (Lipinski definition) is 10. The summed E-state index contributed by atoms with van der Waals surface area (Å²) in [6.07, 6.45) is -0.0853. The van der Waals surface area contributed by atoms with Crippen LogP contribution in [-0.2, 0) is 11.3 Å². The Kier molecular flexibility index (Phi) is 7.36. The van der Waals surface area contributed by atoms with Crippen molar-refractivity contribution >= 4 is 22.9 Å². The van der Waals surface area contributed by atoms with Gasteiger partial charge in [-0.3, -0.25) is 9.36 Å². The molecule has 0 unspecified atom stereocenters. The number of ether oxygens (including phenoxy) is 3. The van der Waals surface area contributed by atoms with Gasteiger partial charge < -0.3 is 35.1 Å². The third kappa shape index (κ3) is 4.84. The first-order chi connectivity index (χ1) is 18.5. The Bertz CT molecular complexity index is 1430. The van der Waals surface area contributed by atoms with Gasteiger partial charge in [0.2, 0.25) is 0 Å². The smallest absolute Gasteiger partial charge is 0.251 e. The molecule has 0 bridgehead atoms. The SMILES string of the molecule is COc1cccc(C(=O)N[C@@H]2[C@H](O)[C@@H](CO)O[C@H]2n2cnc3c(NCc4ccccc4OC)ncnc32)c1. The Morgan fingerprint density at radius 3 is 2.74 bits per heavy atom. The van der Waals surface area contributed by atoms with Gasteiger partial charge in [-0.25, -0.2) is 15.0 Å². The van der Waals surface area contributed by atoms with E-state index < -0.39 is 37.0 Å². The molecule has 1 fully saturated rings. The van der Waals surface area contributed by atoms with Crippen molar-refractivity contribution in [3.8, 4) is 11.5 Å². The van der Waals surface area contributed by atoms with Crippen molar-refractivity contribution in [2.75, 3.05) is 26.1 Å². The molecule has 198 valence electrons. The first-order valence-corrected chi connectivity index (χ1v) is 12.0. The van der Waals surface area contributed by atoms with E-state index in [1.54, 1.807) is 35.9 Å². The van der Waals surface area contributed by atoms with E-state index in [-0.39, 0.29) is 0 Å². The molecule has 38 heavy (non-hydrogen) atoms. The topological polar surface area (TPSA) is 153 Å². The van der Waals surface area contributed by atoms with Crippen LogP contribution in [-0.4, -0.2) is 74.7 Å². The Morgan fingerprint density at radius 1 is 1.11 bits per heavy atom. The number of hydrogen-bond donors (Lipinski definition) is 4. The molecule has 4 N–H and O–H groups in total. The largest absolute Gasteiger partial charge is 0.497 e. The lowest BCUT2D eigenvalue weighted by atomic mass is 10.1. The highest BCUT2D eigenvalue weighted by atomic mass is 16.5. The first kappa shape index (κ1) is 25.4. The molecule has 1 aliphatic heterocycles. The molecule has 4 atom stereocenters. The van der Waals surface area contributed by atoms with Gasteiger partial charge in [-0.05, 0) is 24.3 Å².